The Morgan fingerprint density at radius 2 is 1.88 bits per heavy atom. The molecule has 0 rings (SSSR count). The molecule has 0 aromatic rings. The quantitative estimate of drug-likeness (QED) is 0.493. The summed E-state index contributed by atoms with van der Waals surface area (Å²) in [6.07, 6.45) is 1.60. The number of hydrogen-bond acceptors (Lipinski definition) is 2. The standard InChI is InChI=1S/C4H9Cl2NO/c5-7(6)3-1-2-4-8/h8H,1-4H2. The third-order valence-electron chi connectivity index (χ3n) is 0.735. The van der Waals surface area contributed by atoms with Gasteiger partial charge in [0.1, 0.15) is 0 Å². The van der Waals surface area contributed by atoms with Crippen molar-refractivity contribution >= 4 is 23.6 Å². The van der Waals surface area contributed by atoms with Crippen LogP contribution in [0.15, 0.2) is 0 Å². The second-order valence-corrected chi connectivity index (χ2v) is 2.45. The fraction of sp³-hybridized carbons (Fsp3) is 1.00. The van der Waals surface area contributed by atoms with E-state index in [0.717, 1.165) is 16.8 Å². The Morgan fingerprint density at radius 1 is 1.25 bits per heavy atom. The molecule has 0 atom stereocenters. The van der Waals surface area contributed by atoms with Gasteiger partial charge in [-0.15, -0.1) is 3.94 Å². The minimum Gasteiger partial charge on any atom is -0.396 e. The summed E-state index contributed by atoms with van der Waals surface area (Å²) in [6.45, 7) is 0.825. The van der Waals surface area contributed by atoms with Gasteiger partial charge in [0, 0.05) is 13.2 Å². The summed E-state index contributed by atoms with van der Waals surface area (Å²) in [5, 5.41) is 8.27. The zero-order valence-corrected chi connectivity index (χ0v) is 5.99. The highest BCUT2D eigenvalue weighted by molar-refractivity contribution is 6.33. The molecule has 0 aromatic heterocycles. The van der Waals surface area contributed by atoms with Crippen molar-refractivity contribution < 1.29 is 5.11 Å². The van der Waals surface area contributed by atoms with Crippen molar-refractivity contribution in [2.45, 2.75) is 12.8 Å². The second kappa shape index (κ2) is 5.63. The number of nitrogens with zero attached hydrogens (tertiary/aromatic N) is 1. The van der Waals surface area contributed by atoms with Gasteiger partial charge in [0.15, 0.2) is 0 Å². The van der Waals surface area contributed by atoms with E-state index in [4.69, 9.17) is 28.7 Å². The Balaban J connectivity index is 2.72. The number of halogens is 2. The van der Waals surface area contributed by atoms with Gasteiger partial charge in [0.25, 0.3) is 0 Å². The highest BCUT2D eigenvalue weighted by Gasteiger charge is 1.91. The van der Waals surface area contributed by atoms with Gasteiger partial charge >= 0.3 is 0 Å². The molecule has 50 valence electrons. The summed E-state index contributed by atoms with van der Waals surface area (Å²) >= 11 is 10.5. The van der Waals surface area contributed by atoms with Crippen molar-refractivity contribution in [3.05, 3.63) is 0 Å². The van der Waals surface area contributed by atoms with Crippen molar-refractivity contribution in [1.29, 1.82) is 0 Å². The van der Waals surface area contributed by atoms with Crippen LogP contribution < -0.4 is 0 Å². The van der Waals surface area contributed by atoms with Crippen LogP contribution in [0.2, 0.25) is 0 Å². The number of hydrogen-bond donors (Lipinski definition) is 1. The predicted octanol–water partition coefficient (Wildman–Crippen LogP) is 1.37. The molecule has 0 aliphatic rings. The Bertz CT molecular complexity index is 51.3. The lowest BCUT2D eigenvalue weighted by molar-refractivity contribution is 0.282. The molecule has 0 amide bonds. The molecule has 0 fully saturated rings. The molecule has 0 aliphatic carbocycles. The molecular weight excluding hydrogens is 149 g/mol. The first kappa shape index (κ1) is 8.50. The third-order valence-corrected chi connectivity index (χ3v) is 1.07. The van der Waals surface area contributed by atoms with Gasteiger partial charge in [-0.05, 0) is 36.4 Å². The summed E-state index contributed by atoms with van der Waals surface area (Å²) in [6, 6.07) is 0. The van der Waals surface area contributed by atoms with Crippen LogP contribution in [0.4, 0.5) is 0 Å². The van der Waals surface area contributed by atoms with E-state index in [1.165, 1.54) is 0 Å². The van der Waals surface area contributed by atoms with Gasteiger partial charge in [0.2, 0.25) is 0 Å². The molecule has 1 N–H and O–H groups in total. The summed E-state index contributed by atoms with van der Waals surface area (Å²) < 4.78 is 1.07. The molecule has 4 heteroatoms. The minimum atomic E-state index is 0.210. The van der Waals surface area contributed by atoms with Crippen LogP contribution in [0, 0.1) is 0 Å². The van der Waals surface area contributed by atoms with Gasteiger partial charge in [-0.2, -0.15) is 0 Å². The van der Waals surface area contributed by atoms with E-state index in [0.29, 0.717) is 6.54 Å². The fourth-order valence-electron chi connectivity index (χ4n) is 0.343. The minimum absolute atomic E-state index is 0.210. The predicted molar refractivity (Wildman–Crippen MR) is 34.7 cm³/mol. The number of aliphatic hydroxyl groups is 1. The van der Waals surface area contributed by atoms with Crippen LogP contribution in [0.5, 0.6) is 0 Å². The van der Waals surface area contributed by atoms with E-state index < -0.39 is 0 Å². The Morgan fingerprint density at radius 3 is 2.25 bits per heavy atom. The number of rotatable bonds is 4. The molecular formula is C4H9Cl2NO. The van der Waals surface area contributed by atoms with Gasteiger partial charge in [0.05, 0.1) is 0 Å². The van der Waals surface area contributed by atoms with Crippen LogP contribution in [-0.2, 0) is 0 Å². The first-order valence-electron chi connectivity index (χ1n) is 2.47. The van der Waals surface area contributed by atoms with E-state index in [2.05, 4.69) is 0 Å². The molecule has 8 heavy (non-hydrogen) atoms. The fourth-order valence-corrected chi connectivity index (χ4v) is 0.582. The van der Waals surface area contributed by atoms with E-state index in [1.807, 2.05) is 0 Å². The maximum atomic E-state index is 8.27. The van der Waals surface area contributed by atoms with Crippen molar-refractivity contribution in [2.75, 3.05) is 13.2 Å². The lowest BCUT2D eigenvalue weighted by Gasteiger charge is -1.99. The summed E-state index contributed by atoms with van der Waals surface area (Å²) in [7, 11) is 0. The highest BCUT2D eigenvalue weighted by atomic mass is 35.5. The molecule has 0 spiro atoms. The largest absolute Gasteiger partial charge is 0.396 e. The number of unbranched alkanes of at least 4 members (excludes halogenated alkanes) is 1. The molecule has 0 heterocycles. The molecule has 0 saturated carbocycles. The third kappa shape index (κ3) is 6.50. The lowest BCUT2D eigenvalue weighted by atomic mass is 10.3. The van der Waals surface area contributed by atoms with Crippen molar-refractivity contribution in [3.8, 4) is 0 Å². The SMILES string of the molecule is OCCCCN(Cl)Cl. The maximum absolute atomic E-state index is 8.27. The molecule has 0 aromatic carbocycles. The summed E-state index contributed by atoms with van der Waals surface area (Å²) in [4.78, 5) is 0. The van der Waals surface area contributed by atoms with Crippen molar-refractivity contribution in [2.24, 2.45) is 0 Å². The van der Waals surface area contributed by atoms with E-state index in [1.54, 1.807) is 0 Å². The topological polar surface area (TPSA) is 23.5 Å². The van der Waals surface area contributed by atoms with Crippen LogP contribution in [0.3, 0.4) is 0 Å². The summed E-state index contributed by atoms with van der Waals surface area (Å²) in [5.41, 5.74) is 0. The van der Waals surface area contributed by atoms with E-state index >= 15 is 0 Å². The molecule has 0 unspecified atom stereocenters. The Hall–Kier alpha value is 0.500. The Kier molecular flexibility index (Phi) is 5.99. The van der Waals surface area contributed by atoms with Gasteiger partial charge < -0.3 is 5.11 Å². The average molecular weight is 158 g/mol. The maximum Gasteiger partial charge on any atom is 0.0431 e. The van der Waals surface area contributed by atoms with Crippen LogP contribution in [-0.4, -0.2) is 22.2 Å². The van der Waals surface area contributed by atoms with Gasteiger partial charge in [-0.25, -0.2) is 0 Å². The zero-order valence-electron chi connectivity index (χ0n) is 4.48. The summed E-state index contributed by atoms with van der Waals surface area (Å²) in [5.74, 6) is 0. The molecule has 0 radical (unpaired) electrons. The molecule has 0 aliphatic heterocycles. The van der Waals surface area contributed by atoms with Gasteiger partial charge in [-0.3, -0.25) is 0 Å². The first-order valence-corrected chi connectivity index (χ1v) is 3.15. The van der Waals surface area contributed by atoms with Crippen molar-refractivity contribution in [1.82, 2.24) is 3.94 Å². The highest BCUT2D eigenvalue weighted by Crippen LogP contribution is 2.00. The number of aliphatic hydroxyl groups excluding tert-OH is 1. The molecule has 0 saturated heterocycles. The lowest BCUT2D eigenvalue weighted by Crippen LogP contribution is -2.00. The van der Waals surface area contributed by atoms with E-state index in [9.17, 15) is 0 Å². The van der Waals surface area contributed by atoms with Crippen molar-refractivity contribution in [3.63, 3.8) is 0 Å². The molecule has 2 nitrogen and oxygen atoms in total. The monoisotopic (exact) mass is 157 g/mol. The second-order valence-electron chi connectivity index (χ2n) is 1.46. The first-order chi connectivity index (χ1) is 3.77. The van der Waals surface area contributed by atoms with Gasteiger partial charge in [-0.1, -0.05) is 0 Å². The van der Waals surface area contributed by atoms with Crippen LogP contribution in [0.25, 0.3) is 0 Å². The Labute approximate surface area is 59.2 Å². The van der Waals surface area contributed by atoms with Crippen LogP contribution in [0.1, 0.15) is 12.8 Å². The molecule has 0 bridgehead atoms. The van der Waals surface area contributed by atoms with Crippen LogP contribution >= 0.6 is 23.6 Å². The zero-order chi connectivity index (χ0) is 6.41. The normalized spacial score (nSPS) is 10.5. The smallest absolute Gasteiger partial charge is 0.0431 e. The average Bonchev–Trinajstić information content (AvgIpc) is 1.66. The van der Waals surface area contributed by atoms with E-state index in [-0.39, 0.29) is 6.61 Å².